The van der Waals surface area contributed by atoms with Crippen LogP contribution in [0.1, 0.15) is 44.7 Å². The summed E-state index contributed by atoms with van der Waals surface area (Å²) in [6.45, 7) is 9.92. The first-order valence-electron chi connectivity index (χ1n) is 5.87. The molecule has 0 aliphatic rings. The van der Waals surface area contributed by atoms with Gasteiger partial charge in [0.1, 0.15) is 5.75 Å². The summed E-state index contributed by atoms with van der Waals surface area (Å²) in [5.41, 5.74) is 3.09. The molecule has 0 radical (unpaired) electrons. The molecule has 1 aromatic carbocycles. The number of ether oxygens (including phenoxy) is 1. The first-order chi connectivity index (χ1) is 7.90. The van der Waals surface area contributed by atoms with E-state index in [0.717, 1.165) is 11.1 Å². The van der Waals surface area contributed by atoms with Gasteiger partial charge in [0.15, 0.2) is 0 Å². The van der Waals surface area contributed by atoms with Crippen LogP contribution in [0.2, 0.25) is 0 Å². The van der Waals surface area contributed by atoms with Gasteiger partial charge >= 0.3 is 5.97 Å². The standard InChI is InChI=1S/C15H20O2/c1-10(2)8-15(16)17-14-9-13(11(3)4)7-6-12(14)5/h6-9,11H,1-5H3. The molecule has 0 fully saturated rings. The second-order valence-electron chi connectivity index (χ2n) is 4.82. The summed E-state index contributed by atoms with van der Waals surface area (Å²) in [7, 11) is 0. The second kappa shape index (κ2) is 5.67. The predicted octanol–water partition coefficient (Wildman–Crippen LogP) is 3.99. The van der Waals surface area contributed by atoms with Crippen LogP contribution in [0, 0.1) is 6.92 Å². The number of allylic oxidation sites excluding steroid dienone is 1. The Morgan fingerprint density at radius 1 is 1.29 bits per heavy atom. The van der Waals surface area contributed by atoms with Crippen LogP contribution in [0.4, 0.5) is 0 Å². The number of aryl methyl sites for hydroxylation is 1. The Morgan fingerprint density at radius 2 is 1.94 bits per heavy atom. The minimum atomic E-state index is -0.311. The first-order valence-corrected chi connectivity index (χ1v) is 5.87. The molecular formula is C15H20O2. The molecule has 1 rings (SSSR count). The molecule has 92 valence electrons. The third-order valence-electron chi connectivity index (χ3n) is 2.50. The average Bonchev–Trinajstić information content (AvgIpc) is 2.19. The SMILES string of the molecule is CC(C)=CC(=O)Oc1cc(C(C)C)ccc1C. The Kier molecular flexibility index (Phi) is 4.50. The lowest BCUT2D eigenvalue weighted by Gasteiger charge is -2.10. The molecule has 1 aromatic rings. The molecule has 0 bridgehead atoms. The Bertz CT molecular complexity index is 438. The van der Waals surface area contributed by atoms with Crippen LogP contribution in [-0.4, -0.2) is 5.97 Å². The van der Waals surface area contributed by atoms with Crippen LogP contribution in [0.5, 0.6) is 5.75 Å². The van der Waals surface area contributed by atoms with Crippen molar-refractivity contribution in [1.82, 2.24) is 0 Å². The summed E-state index contributed by atoms with van der Waals surface area (Å²) < 4.78 is 5.33. The Hall–Kier alpha value is -1.57. The molecule has 0 aliphatic heterocycles. The molecule has 2 heteroatoms. The molecule has 0 amide bonds. The maximum atomic E-state index is 11.6. The minimum Gasteiger partial charge on any atom is -0.423 e. The molecule has 2 nitrogen and oxygen atoms in total. The highest BCUT2D eigenvalue weighted by Gasteiger charge is 2.07. The van der Waals surface area contributed by atoms with Gasteiger partial charge in [-0.05, 0) is 43.9 Å². The zero-order valence-corrected chi connectivity index (χ0v) is 11.2. The van der Waals surface area contributed by atoms with E-state index in [1.165, 1.54) is 11.6 Å². The van der Waals surface area contributed by atoms with E-state index < -0.39 is 0 Å². The molecule has 0 N–H and O–H groups in total. The largest absolute Gasteiger partial charge is 0.423 e. The van der Waals surface area contributed by atoms with E-state index in [2.05, 4.69) is 19.9 Å². The average molecular weight is 232 g/mol. The van der Waals surface area contributed by atoms with E-state index in [-0.39, 0.29) is 5.97 Å². The van der Waals surface area contributed by atoms with E-state index in [0.29, 0.717) is 11.7 Å². The number of carbonyl (C=O) groups excluding carboxylic acids is 1. The van der Waals surface area contributed by atoms with Crippen molar-refractivity contribution >= 4 is 5.97 Å². The topological polar surface area (TPSA) is 26.3 Å². The van der Waals surface area contributed by atoms with Gasteiger partial charge in [0, 0.05) is 6.08 Å². The number of benzene rings is 1. The maximum absolute atomic E-state index is 11.6. The zero-order valence-electron chi connectivity index (χ0n) is 11.2. The summed E-state index contributed by atoms with van der Waals surface area (Å²) in [6, 6.07) is 6.00. The van der Waals surface area contributed by atoms with Gasteiger partial charge < -0.3 is 4.74 Å². The van der Waals surface area contributed by atoms with Gasteiger partial charge in [-0.1, -0.05) is 31.6 Å². The van der Waals surface area contributed by atoms with Gasteiger partial charge in [0.05, 0.1) is 0 Å². The quantitative estimate of drug-likeness (QED) is 0.447. The zero-order chi connectivity index (χ0) is 13.0. The van der Waals surface area contributed by atoms with Crippen LogP contribution < -0.4 is 4.74 Å². The van der Waals surface area contributed by atoms with Crippen molar-refractivity contribution in [3.8, 4) is 5.75 Å². The van der Waals surface area contributed by atoms with Crippen LogP contribution in [0.15, 0.2) is 29.8 Å². The van der Waals surface area contributed by atoms with E-state index in [4.69, 9.17) is 4.74 Å². The maximum Gasteiger partial charge on any atom is 0.336 e. The smallest absolute Gasteiger partial charge is 0.336 e. The number of hydrogen-bond donors (Lipinski definition) is 0. The van der Waals surface area contributed by atoms with Gasteiger partial charge in [-0.3, -0.25) is 0 Å². The molecular weight excluding hydrogens is 212 g/mol. The highest BCUT2D eigenvalue weighted by atomic mass is 16.5. The molecule has 0 atom stereocenters. The molecule has 0 spiro atoms. The van der Waals surface area contributed by atoms with Crippen molar-refractivity contribution in [2.45, 2.75) is 40.5 Å². The Labute approximate surface area is 103 Å². The van der Waals surface area contributed by atoms with E-state index in [1.807, 2.05) is 32.9 Å². The lowest BCUT2D eigenvalue weighted by atomic mass is 10.0. The number of carbonyl (C=O) groups is 1. The summed E-state index contributed by atoms with van der Waals surface area (Å²) >= 11 is 0. The molecule has 0 saturated heterocycles. The number of esters is 1. The second-order valence-corrected chi connectivity index (χ2v) is 4.82. The summed E-state index contributed by atoms with van der Waals surface area (Å²) in [5.74, 6) is 0.768. The van der Waals surface area contributed by atoms with Crippen molar-refractivity contribution < 1.29 is 9.53 Å². The van der Waals surface area contributed by atoms with E-state index in [1.54, 1.807) is 0 Å². The van der Waals surface area contributed by atoms with Crippen molar-refractivity contribution in [3.05, 3.63) is 41.0 Å². The molecule has 0 saturated carbocycles. The van der Waals surface area contributed by atoms with Gasteiger partial charge in [0.2, 0.25) is 0 Å². The van der Waals surface area contributed by atoms with Crippen molar-refractivity contribution in [1.29, 1.82) is 0 Å². The van der Waals surface area contributed by atoms with Gasteiger partial charge in [-0.15, -0.1) is 0 Å². The fourth-order valence-electron chi connectivity index (χ4n) is 1.46. The fourth-order valence-corrected chi connectivity index (χ4v) is 1.46. The first kappa shape index (κ1) is 13.5. The fraction of sp³-hybridized carbons (Fsp3) is 0.400. The molecule has 0 aliphatic carbocycles. The van der Waals surface area contributed by atoms with E-state index >= 15 is 0 Å². The lowest BCUT2D eigenvalue weighted by Crippen LogP contribution is -2.06. The normalized spacial score (nSPS) is 10.2. The molecule has 17 heavy (non-hydrogen) atoms. The van der Waals surface area contributed by atoms with Crippen LogP contribution in [0.25, 0.3) is 0 Å². The van der Waals surface area contributed by atoms with Gasteiger partial charge in [-0.2, -0.15) is 0 Å². The number of hydrogen-bond acceptors (Lipinski definition) is 2. The summed E-state index contributed by atoms with van der Waals surface area (Å²) in [5, 5.41) is 0. The molecule has 0 unspecified atom stereocenters. The van der Waals surface area contributed by atoms with Crippen LogP contribution in [0.3, 0.4) is 0 Å². The van der Waals surface area contributed by atoms with Crippen LogP contribution >= 0.6 is 0 Å². The monoisotopic (exact) mass is 232 g/mol. The predicted molar refractivity (Wildman–Crippen MR) is 70.3 cm³/mol. The van der Waals surface area contributed by atoms with Gasteiger partial charge in [-0.25, -0.2) is 4.79 Å². The highest BCUT2D eigenvalue weighted by molar-refractivity contribution is 5.84. The molecule has 0 aromatic heterocycles. The Morgan fingerprint density at radius 3 is 2.47 bits per heavy atom. The summed E-state index contributed by atoms with van der Waals surface area (Å²) in [6.07, 6.45) is 1.50. The van der Waals surface area contributed by atoms with Crippen LogP contribution in [-0.2, 0) is 4.79 Å². The third kappa shape index (κ3) is 4.06. The lowest BCUT2D eigenvalue weighted by molar-refractivity contribution is -0.129. The van der Waals surface area contributed by atoms with Crippen molar-refractivity contribution in [2.24, 2.45) is 0 Å². The number of rotatable bonds is 3. The Balaban J connectivity index is 2.94. The van der Waals surface area contributed by atoms with E-state index in [9.17, 15) is 4.79 Å². The minimum absolute atomic E-state index is 0.311. The van der Waals surface area contributed by atoms with Crippen molar-refractivity contribution in [3.63, 3.8) is 0 Å². The van der Waals surface area contributed by atoms with Gasteiger partial charge in [0.25, 0.3) is 0 Å². The third-order valence-corrected chi connectivity index (χ3v) is 2.50. The van der Waals surface area contributed by atoms with Crippen molar-refractivity contribution in [2.75, 3.05) is 0 Å². The summed E-state index contributed by atoms with van der Waals surface area (Å²) in [4.78, 5) is 11.6. The highest BCUT2D eigenvalue weighted by Crippen LogP contribution is 2.24. The molecule has 0 heterocycles.